The molecule has 0 radical (unpaired) electrons. The first-order valence-electron chi connectivity index (χ1n) is 11.1. The molecule has 164 valence electrons. The van der Waals surface area contributed by atoms with Crippen molar-refractivity contribution in [1.29, 1.82) is 0 Å². The van der Waals surface area contributed by atoms with E-state index in [-0.39, 0.29) is 5.91 Å². The van der Waals surface area contributed by atoms with Crippen LogP contribution in [0, 0.1) is 13.8 Å². The summed E-state index contributed by atoms with van der Waals surface area (Å²) in [7, 11) is 0. The monoisotopic (exact) mass is 437 g/mol. The number of thiazole rings is 1. The summed E-state index contributed by atoms with van der Waals surface area (Å²) in [5.74, 6) is 0.151. The number of fused-ring (bicyclic) bond motifs is 1. The minimum absolute atomic E-state index is 0.151. The summed E-state index contributed by atoms with van der Waals surface area (Å²) in [5, 5.41) is 0.819. The van der Waals surface area contributed by atoms with Crippen LogP contribution in [0.3, 0.4) is 0 Å². The van der Waals surface area contributed by atoms with Gasteiger partial charge in [0.25, 0.3) is 0 Å². The van der Waals surface area contributed by atoms with Gasteiger partial charge in [0.2, 0.25) is 5.91 Å². The number of benzene rings is 2. The van der Waals surface area contributed by atoms with E-state index in [9.17, 15) is 4.79 Å². The second-order valence-corrected chi connectivity index (χ2v) is 9.25. The minimum atomic E-state index is 0.151. The van der Waals surface area contributed by atoms with E-state index >= 15 is 0 Å². The third-order valence-corrected chi connectivity index (χ3v) is 7.00. The van der Waals surface area contributed by atoms with E-state index in [2.05, 4.69) is 43.0 Å². The number of carbonyl (C=O) groups is 1. The van der Waals surface area contributed by atoms with Crippen molar-refractivity contribution < 1.29 is 9.53 Å². The van der Waals surface area contributed by atoms with Gasteiger partial charge >= 0.3 is 0 Å². The Morgan fingerprint density at radius 1 is 1.13 bits per heavy atom. The fourth-order valence-electron chi connectivity index (χ4n) is 3.92. The highest BCUT2D eigenvalue weighted by Crippen LogP contribution is 2.31. The first-order chi connectivity index (χ1) is 15.1. The van der Waals surface area contributed by atoms with Crippen molar-refractivity contribution in [2.75, 3.05) is 44.3 Å². The van der Waals surface area contributed by atoms with Crippen molar-refractivity contribution in [3.63, 3.8) is 0 Å². The molecule has 0 bridgehead atoms. The summed E-state index contributed by atoms with van der Waals surface area (Å²) in [6.45, 7) is 9.46. The van der Waals surface area contributed by atoms with Gasteiger partial charge in [-0.05, 0) is 55.5 Å². The quantitative estimate of drug-likeness (QED) is 0.517. The van der Waals surface area contributed by atoms with Crippen molar-refractivity contribution in [1.82, 2.24) is 9.88 Å². The van der Waals surface area contributed by atoms with Crippen LogP contribution in [0.1, 0.15) is 29.5 Å². The van der Waals surface area contributed by atoms with Gasteiger partial charge in [-0.25, -0.2) is 4.98 Å². The summed E-state index contributed by atoms with van der Waals surface area (Å²) >= 11 is 1.62. The molecule has 2 aromatic carbocycles. The molecule has 1 fully saturated rings. The molecule has 4 rings (SSSR count). The van der Waals surface area contributed by atoms with Crippen LogP contribution in [-0.4, -0.2) is 55.2 Å². The van der Waals surface area contributed by atoms with Crippen molar-refractivity contribution >= 4 is 32.6 Å². The number of amides is 1. The number of rotatable bonds is 8. The fraction of sp³-hybridized carbons (Fsp3) is 0.440. The molecule has 1 aliphatic rings. The van der Waals surface area contributed by atoms with Crippen LogP contribution in [-0.2, 0) is 16.0 Å². The summed E-state index contributed by atoms with van der Waals surface area (Å²) in [4.78, 5) is 22.4. The van der Waals surface area contributed by atoms with Gasteiger partial charge in [0.15, 0.2) is 5.13 Å². The van der Waals surface area contributed by atoms with Gasteiger partial charge in [0.05, 0.1) is 23.4 Å². The van der Waals surface area contributed by atoms with Crippen molar-refractivity contribution in [2.45, 2.75) is 33.1 Å². The van der Waals surface area contributed by atoms with Gasteiger partial charge < -0.3 is 4.74 Å². The van der Waals surface area contributed by atoms with Crippen LogP contribution in [0.4, 0.5) is 5.13 Å². The minimum Gasteiger partial charge on any atom is -0.379 e. The van der Waals surface area contributed by atoms with E-state index in [0.717, 1.165) is 61.0 Å². The van der Waals surface area contributed by atoms with Crippen molar-refractivity contribution in [2.24, 2.45) is 0 Å². The van der Waals surface area contributed by atoms with E-state index in [1.165, 1.54) is 16.7 Å². The summed E-state index contributed by atoms with van der Waals surface area (Å²) < 4.78 is 6.59. The molecular weight excluding hydrogens is 406 g/mol. The topological polar surface area (TPSA) is 45.7 Å². The van der Waals surface area contributed by atoms with Gasteiger partial charge in [-0.2, -0.15) is 0 Å². The Labute approximate surface area is 188 Å². The zero-order valence-corrected chi connectivity index (χ0v) is 19.3. The molecule has 1 amide bonds. The summed E-state index contributed by atoms with van der Waals surface area (Å²) in [6.07, 6.45) is 2.18. The maximum Gasteiger partial charge on any atom is 0.229 e. The number of morpholine rings is 1. The Morgan fingerprint density at radius 2 is 1.87 bits per heavy atom. The molecule has 1 saturated heterocycles. The highest BCUT2D eigenvalue weighted by molar-refractivity contribution is 7.22. The first kappa shape index (κ1) is 21.9. The SMILES string of the molecule is Cc1cc2nc(N(CCCN3CCOCC3)C(=O)CCc3ccccc3)sc2cc1C. The van der Waals surface area contributed by atoms with Crippen LogP contribution in [0.15, 0.2) is 42.5 Å². The number of aryl methyl sites for hydroxylation is 3. The molecule has 1 aromatic heterocycles. The average Bonchev–Trinajstić information content (AvgIpc) is 3.19. The van der Waals surface area contributed by atoms with Gasteiger partial charge in [0, 0.05) is 32.6 Å². The molecular formula is C25H31N3O2S. The Bertz CT molecular complexity index is 973. The van der Waals surface area contributed by atoms with Crippen LogP contribution >= 0.6 is 11.3 Å². The Balaban J connectivity index is 1.49. The normalized spacial score (nSPS) is 14.8. The lowest BCUT2D eigenvalue weighted by atomic mass is 10.1. The molecule has 1 aliphatic heterocycles. The number of anilines is 1. The zero-order valence-electron chi connectivity index (χ0n) is 18.5. The molecule has 3 aromatic rings. The zero-order chi connectivity index (χ0) is 21.6. The second kappa shape index (κ2) is 10.4. The highest BCUT2D eigenvalue weighted by Gasteiger charge is 2.20. The Hall–Kier alpha value is -2.28. The van der Waals surface area contributed by atoms with Gasteiger partial charge in [-0.3, -0.25) is 14.6 Å². The molecule has 0 saturated carbocycles. The van der Waals surface area contributed by atoms with Crippen molar-refractivity contribution in [3.05, 3.63) is 59.2 Å². The number of nitrogens with zero attached hydrogens (tertiary/aromatic N) is 3. The number of hydrogen-bond donors (Lipinski definition) is 0. The predicted octanol–water partition coefficient (Wildman–Crippen LogP) is 4.60. The maximum absolute atomic E-state index is 13.3. The number of aromatic nitrogens is 1. The largest absolute Gasteiger partial charge is 0.379 e. The molecule has 2 heterocycles. The molecule has 0 N–H and O–H groups in total. The highest BCUT2D eigenvalue weighted by atomic mass is 32.1. The smallest absolute Gasteiger partial charge is 0.229 e. The van der Waals surface area contributed by atoms with E-state index in [1.807, 2.05) is 23.1 Å². The molecule has 0 spiro atoms. The number of ether oxygens (including phenoxy) is 1. The molecule has 31 heavy (non-hydrogen) atoms. The lowest BCUT2D eigenvalue weighted by Crippen LogP contribution is -2.39. The van der Waals surface area contributed by atoms with Crippen LogP contribution in [0.2, 0.25) is 0 Å². The van der Waals surface area contributed by atoms with Crippen molar-refractivity contribution in [3.8, 4) is 0 Å². The third kappa shape index (κ3) is 5.70. The predicted molar refractivity (Wildman–Crippen MR) is 128 cm³/mol. The second-order valence-electron chi connectivity index (χ2n) is 8.24. The van der Waals surface area contributed by atoms with Crippen LogP contribution in [0.5, 0.6) is 0 Å². The summed E-state index contributed by atoms with van der Waals surface area (Å²) in [6, 6.07) is 14.5. The number of hydrogen-bond acceptors (Lipinski definition) is 5. The fourth-order valence-corrected chi connectivity index (χ4v) is 5.01. The van der Waals surface area contributed by atoms with E-state index in [0.29, 0.717) is 13.0 Å². The molecule has 0 atom stereocenters. The summed E-state index contributed by atoms with van der Waals surface area (Å²) in [5.41, 5.74) is 4.67. The molecule has 0 unspecified atom stereocenters. The van der Waals surface area contributed by atoms with Crippen LogP contribution in [0.25, 0.3) is 10.2 Å². The Morgan fingerprint density at radius 3 is 2.65 bits per heavy atom. The van der Waals surface area contributed by atoms with Crippen LogP contribution < -0.4 is 4.90 Å². The first-order valence-corrected chi connectivity index (χ1v) is 11.9. The van der Waals surface area contributed by atoms with E-state index in [1.54, 1.807) is 11.3 Å². The number of carbonyl (C=O) groups excluding carboxylic acids is 1. The lowest BCUT2D eigenvalue weighted by Gasteiger charge is -2.27. The van der Waals surface area contributed by atoms with E-state index in [4.69, 9.17) is 9.72 Å². The molecule has 0 aliphatic carbocycles. The Kier molecular flexibility index (Phi) is 7.33. The standard InChI is InChI=1S/C25H31N3O2S/c1-19-17-22-23(18-20(19)2)31-25(26-22)28(12-6-11-27-13-15-30-16-14-27)24(29)10-9-21-7-4-3-5-8-21/h3-5,7-8,17-18H,6,9-16H2,1-2H3. The lowest BCUT2D eigenvalue weighted by molar-refractivity contribution is -0.118. The average molecular weight is 438 g/mol. The molecule has 6 heteroatoms. The van der Waals surface area contributed by atoms with Gasteiger partial charge in [-0.15, -0.1) is 0 Å². The molecule has 5 nitrogen and oxygen atoms in total. The van der Waals surface area contributed by atoms with Gasteiger partial charge in [-0.1, -0.05) is 41.7 Å². The van der Waals surface area contributed by atoms with E-state index < -0.39 is 0 Å². The maximum atomic E-state index is 13.3. The van der Waals surface area contributed by atoms with Gasteiger partial charge in [0.1, 0.15) is 0 Å². The third-order valence-electron chi connectivity index (χ3n) is 5.95.